The first-order chi connectivity index (χ1) is 14.9. The van der Waals surface area contributed by atoms with Crippen LogP contribution in [0.4, 0.5) is 24.9 Å². The van der Waals surface area contributed by atoms with Crippen molar-refractivity contribution in [1.29, 1.82) is 0 Å². The first-order valence-electron chi connectivity index (χ1n) is 9.86. The maximum Gasteiger partial charge on any atom is 0.451 e. The standard InChI is InChI=1S/C18H21F3N8OS/c1-2-3-11-8-12-14(24-17(25-15(12)31-11)23-5-4-22-10-30)28-6-7-29-13(9-28)26-27-16(29)18(19,20)21/h8,10H,2-7,9H2,1H3,(H,22,30)(H,23,24,25). The molecule has 1 amide bonds. The van der Waals surface area contributed by atoms with E-state index in [0.29, 0.717) is 37.8 Å². The van der Waals surface area contributed by atoms with Gasteiger partial charge in [0.15, 0.2) is 5.82 Å². The number of hydrogen-bond donors (Lipinski definition) is 2. The summed E-state index contributed by atoms with van der Waals surface area (Å²) in [6.07, 6.45) is -2.02. The summed E-state index contributed by atoms with van der Waals surface area (Å²) in [5, 5.41) is 13.6. The van der Waals surface area contributed by atoms with Crippen molar-refractivity contribution < 1.29 is 18.0 Å². The molecule has 1 aliphatic heterocycles. The number of halogens is 3. The Bertz CT molecular complexity index is 1080. The molecular weight excluding hydrogens is 433 g/mol. The average molecular weight is 454 g/mol. The van der Waals surface area contributed by atoms with Crippen LogP contribution in [0.25, 0.3) is 10.2 Å². The minimum Gasteiger partial charge on any atom is -0.357 e. The molecule has 0 spiro atoms. The molecule has 13 heteroatoms. The Morgan fingerprint density at radius 3 is 2.81 bits per heavy atom. The third kappa shape index (κ3) is 4.40. The fourth-order valence-corrected chi connectivity index (χ4v) is 4.62. The lowest BCUT2D eigenvalue weighted by molar-refractivity contribution is -0.147. The highest BCUT2D eigenvalue weighted by Crippen LogP contribution is 2.35. The molecule has 4 heterocycles. The van der Waals surface area contributed by atoms with Crippen LogP contribution in [-0.2, 0) is 30.5 Å². The van der Waals surface area contributed by atoms with Crippen LogP contribution in [0.5, 0.6) is 0 Å². The van der Waals surface area contributed by atoms with Crippen molar-refractivity contribution in [3.05, 3.63) is 22.6 Å². The molecule has 31 heavy (non-hydrogen) atoms. The van der Waals surface area contributed by atoms with Gasteiger partial charge in [-0.15, -0.1) is 21.5 Å². The van der Waals surface area contributed by atoms with Crippen LogP contribution in [0.15, 0.2) is 6.07 Å². The van der Waals surface area contributed by atoms with Crippen molar-refractivity contribution in [2.75, 3.05) is 29.9 Å². The highest BCUT2D eigenvalue weighted by molar-refractivity contribution is 7.18. The zero-order valence-corrected chi connectivity index (χ0v) is 17.6. The number of carbonyl (C=O) groups is 1. The van der Waals surface area contributed by atoms with Gasteiger partial charge in [0.25, 0.3) is 0 Å². The lowest BCUT2D eigenvalue weighted by atomic mass is 10.2. The molecule has 2 N–H and O–H groups in total. The van der Waals surface area contributed by atoms with Gasteiger partial charge in [0.1, 0.15) is 10.6 Å². The molecule has 9 nitrogen and oxygen atoms in total. The van der Waals surface area contributed by atoms with Gasteiger partial charge in [0, 0.05) is 31.1 Å². The summed E-state index contributed by atoms with van der Waals surface area (Å²) in [6.45, 7) is 3.57. The minimum absolute atomic E-state index is 0.112. The Morgan fingerprint density at radius 2 is 2.06 bits per heavy atom. The SMILES string of the molecule is CCCc1cc2c(N3CCn4c(nnc4C(F)(F)F)C3)nc(NCCNC=O)nc2s1. The second kappa shape index (κ2) is 8.65. The molecule has 3 aromatic heterocycles. The van der Waals surface area contributed by atoms with Crippen LogP contribution in [-0.4, -0.2) is 50.8 Å². The van der Waals surface area contributed by atoms with E-state index in [1.54, 1.807) is 11.3 Å². The Kier molecular flexibility index (Phi) is 5.94. The molecule has 0 bridgehead atoms. The number of aromatic nitrogens is 5. The first kappa shape index (κ1) is 21.3. The van der Waals surface area contributed by atoms with E-state index in [1.807, 2.05) is 4.90 Å². The Hall–Kier alpha value is -2.96. The Labute approximate surface area is 179 Å². The number of fused-ring (bicyclic) bond motifs is 2. The molecule has 3 aromatic rings. The molecule has 4 rings (SSSR count). The zero-order valence-electron chi connectivity index (χ0n) is 16.7. The highest BCUT2D eigenvalue weighted by atomic mass is 32.1. The van der Waals surface area contributed by atoms with Gasteiger partial charge in [0.05, 0.1) is 11.9 Å². The van der Waals surface area contributed by atoms with E-state index in [1.165, 1.54) is 4.88 Å². The number of anilines is 2. The predicted octanol–water partition coefficient (Wildman–Crippen LogP) is 2.43. The normalized spacial score (nSPS) is 14.0. The average Bonchev–Trinajstić information content (AvgIpc) is 3.34. The van der Waals surface area contributed by atoms with Crippen molar-refractivity contribution in [3.63, 3.8) is 0 Å². The van der Waals surface area contributed by atoms with Crippen LogP contribution in [0.2, 0.25) is 0 Å². The van der Waals surface area contributed by atoms with Crippen LogP contribution in [0.1, 0.15) is 29.9 Å². The molecule has 0 saturated heterocycles. The minimum atomic E-state index is -4.54. The number of hydrogen-bond acceptors (Lipinski definition) is 8. The van der Waals surface area contributed by atoms with Crippen molar-refractivity contribution in [3.8, 4) is 0 Å². The number of rotatable bonds is 8. The summed E-state index contributed by atoms with van der Waals surface area (Å²) in [7, 11) is 0. The third-order valence-electron chi connectivity index (χ3n) is 4.86. The molecule has 166 valence electrons. The van der Waals surface area contributed by atoms with E-state index < -0.39 is 12.0 Å². The third-order valence-corrected chi connectivity index (χ3v) is 5.95. The maximum absolute atomic E-state index is 13.1. The number of alkyl halides is 3. The topological polar surface area (TPSA) is 101 Å². The molecule has 0 radical (unpaired) electrons. The van der Waals surface area contributed by atoms with Gasteiger partial charge in [-0.1, -0.05) is 13.3 Å². The zero-order chi connectivity index (χ0) is 22.0. The van der Waals surface area contributed by atoms with Crippen LogP contribution < -0.4 is 15.5 Å². The number of nitrogens with one attached hydrogen (secondary N) is 2. The van der Waals surface area contributed by atoms with Gasteiger partial charge in [0.2, 0.25) is 18.2 Å². The smallest absolute Gasteiger partial charge is 0.357 e. The predicted molar refractivity (Wildman–Crippen MR) is 110 cm³/mol. The van der Waals surface area contributed by atoms with Gasteiger partial charge in [-0.25, -0.2) is 4.98 Å². The Morgan fingerprint density at radius 1 is 1.23 bits per heavy atom. The number of amides is 1. The number of nitrogens with zero attached hydrogens (tertiary/aromatic N) is 6. The molecule has 0 unspecified atom stereocenters. The van der Waals surface area contributed by atoms with Gasteiger partial charge >= 0.3 is 6.18 Å². The quantitative estimate of drug-likeness (QED) is 0.398. The highest BCUT2D eigenvalue weighted by Gasteiger charge is 2.39. The molecule has 0 aromatic carbocycles. The van der Waals surface area contributed by atoms with Gasteiger partial charge in [-0.3, -0.25) is 4.79 Å². The molecule has 0 saturated carbocycles. The van der Waals surface area contributed by atoms with E-state index in [2.05, 4.69) is 43.8 Å². The molecular formula is C18H21F3N8OS. The van der Waals surface area contributed by atoms with E-state index in [4.69, 9.17) is 0 Å². The fraction of sp³-hybridized carbons (Fsp3) is 0.500. The van der Waals surface area contributed by atoms with Crippen molar-refractivity contribution >= 4 is 39.7 Å². The summed E-state index contributed by atoms with van der Waals surface area (Å²) in [6, 6.07) is 2.05. The molecule has 1 aliphatic rings. The number of thiophene rings is 1. The monoisotopic (exact) mass is 454 g/mol. The van der Waals surface area contributed by atoms with Gasteiger partial charge in [-0.2, -0.15) is 18.2 Å². The molecule has 0 fully saturated rings. The summed E-state index contributed by atoms with van der Waals surface area (Å²) in [5.74, 6) is 0.334. The molecule has 0 atom stereocenters. The number of aryl methyl sites for hydroxylation is 1. The maximum atomic E-state index is 13.1. The number of carbonyl (C=O) groups excluding carboxylic acids is 1. The second-order valence-electron chi connectivity index (χ2n) is 7.06. The largest absolute Gasteiger partial charge is 0.451 e. The van der Waals surface area contributed by atoms with E-state index in [-0.39, 0.29) is 18.9 Å². The lowest BCUT2D eigenvalue weighted by Gasteiger charge is -2.29. The van der Waals surface area contributed by atoms with Crippen LogP contribution >= 0.6 is 11.3 Å². The van der Waals surface area contributed by atoms with Crippen LogP contribution in [0.3, 0.4) is 0 Å². The van der Waals surface area contributed by atoms with E-state index >= 15 is 0 Å². The van der Waals surface area contributed by atoms with Gasteiger partial charge < -0.3 is 20.1 Å². The van der Waals surface area contributed by atoms with Crippen LogP contribution in [0, 0.1) is 0 Å². The summed E-state index contributed by atoms with van der Waals surface area (Å²) < 4.78 is 40.6. The summed E-state index contributed by atoms with van der Waals surface area (Å²) in [4.78, 5) is 23.5. The van der Waals surface area contributed by atoms with E-state index in [9.17, 15) is 18.0 Å². The van der Waals surface area contributed by atoms with Crippen molar-refractivity contribution in [1.82, 2.24) is 30.0 Å². The lowest BCUT2D eigenvalue weighted by Crippen LogP contribution is -2.36. The van der Waals surface area contributed by atoms with Crippen molar-refractivity contribution in [2.45, 2.75) is 39.0 Å². The molecule has 0 aliphatic carbocycles. The summed E-state index contributed by atoms with van der Waals surface area (Å²) in [5.41, 5.74) is 0. The van der Waals surface area contributed by atoms with Gasteiger partial charge in [-0.05, 0) is 12.5 Å². The second-order valence-corrected chi connectivity index (χ2v) is 8.18. The van der Waals surface area contributed by atoms with Crippen molar-refractivity contribution in [2.24, 2.45) is 0 Å². The first-order valence-corrected chi connectivity index (χ1v) is 10.7. The Balaban J connectivity index is 1.66. The van der Waals surface area contributed by atoms with E-state index in [0.717, 1.165) is 27.6 Å². The summed E-state index contributed by atoms with van der Waals surface area (Å²) >= 11 is 1.58. The fourth-order valence-electron chi connectivity index (χ4n) is 3.50.